The third-order valence-electron chi connectivity index (χ3n) is 6.52. The molecular formula is C19H25N2+. The Bertz CT molecular complexity index is 634. The fraction of sp³-hybridized carbons (Fsp3) is 0.579. The van der Waals surface area contributed by atoms with Gasteiger partial charge in [-0.05, 0) is 43.1 Å². The minimum absolute atomic E-state index is 0.590. The first-order valence-electron chi connectivity index (χ1n) is 8.69. The lowest BCUT2D eigenvalue weighted by molar-refractivity contribution is -0.752. The van der Waals surface area contributed by atoms with Crippen molar-refractivity contribution in [3.8, 4) is 0 Å². The van der Waals surface area contributed by atoms with Crippen LogP contribution in [0.25, 0.3) is 10.9 Å². The van der Waals surface area contributed by atoms with E-state index in [4.69, 9.17) is 0 Å². The predicted octanol–water partition coefficient (Wildman–Crippen LogP) is 3.20. The molecule has 0 atom stereocenters. The Morgan fingerprint density at radius 1 is 1.00 bits per heavy atom. The number of aromatic nitrogens is 1. The molecule has 1 aromatic heterocycles. The summed E-state index contributed by atoms with van der Waals surface area (Å²) < 4.78 is 0. The fourth-order valence-corrected chi connectivity index (χ4v) is 6.05. The lowest BCUT2D eigenvalue weighted by Crippen LogP contribution is -2.97. The molecule has 2 nitrogen and oxygen atoms in total. The highest BCUT2D eigenvalue weighted by molar-refractivity contribution is 5.82. The van der Waals surface area contributed by atoms with Gasteiger partial charge in [0.05, 0.1) is 5.54 Å². The molecule has 110 valence electrons. The summed E-state index contributed by atoms with van der Waals surface area (Å²) in [5.74, 6) is 3.15. The number of H-pyrrole nitrogens is 1. The van der Waals surface area contributed by atoms with Crippen LogP contribution in [0.3, 0.4) is 0 Å². The number of fused-ring (bicyclic) bond motifs is 1. The van der Waals surface area contributed by atoms with E-state index in [1.165, 1.54) is 35.7 Å². The minimum Gasteiger partial charge on any atom is -0.361 e. The van der Waals surface area contributed by atoms with Crippen molar-refractivity contribution in [2.45, 2.75) is 50.6 Å². The third-order valence-corrected chi connectivity index (χ3v) is 6.52. The highest BCUT2D eigenvalue weighted by Crippen LogP contribution is 2.54. The smallest absolute Gasteiger partial charge is 0.104 e. The molecule has 6 rings (SSSR count). The van der Waals surface area contributed by atoms with Gasteiger partial charge in [0.25, 0.3) is 0 Å². The summed E-state index contributed by atoms with van der Waals surface area (Å²) in [7, 11) is 0. The van der Waals surface area contributed by atoms with Gasteiger partial charge in [0.15, 0.2) is 0 Å². The molecular weight excluding hydrogens is 256 g/mol. The molecule has 0 spiro atoms. The zero-order valence-electron chi connectivity index (χ0n) is 12.6. The summed E-state index contributed by atoms with van der Waals surface area (Å²) in [5.41, 5.74) is 3.36. The Hall–Kier alpha value is -1.28. The van der Waals surface area contributed by atoms with Gasteiger partial charge in [0, 0.05) is 41.9 Å². The van der Waals surface area contributed by atoms with Gasteiger partial charge in [-0.1, -0.05) is 18.2 Å². The van der Waals surface area contributed by atoms with Crippen molar-refractivity contribution >= 4 is 10.9 Å². The summed E-state index contributed by atoms with van der Waals surface area (Å²) in [6, 6.07) is 8.72. The van der Waals surface area contributed by atoms with E-state index in [1.54, 1.807) is 19.3 Å². The van der Waals surface area contributed by atoms with Gasteiger partial charge in [0.2, 0.25) is 0 Å². The zero-order valence-corrected chi connectivity index (χ0v) is 12.6. The maximum atomic E-state index is 3.43. The molecule has 2 aromatic rings. The molecule has 0 unspecified atom stereocenters. The SMILES string of the molecule is c1ccc2c(C[NH2+]C34CC5CC(CC(C5)C3)C4)c[nH]c2c1. The monoisotopic (exact) mass is 281 g/mol. The lowest BCUT2D eigenvalue weighted by Gasteiger charge is -2.54. The fourth-order valence-electron chi connectivity index (χ4n) is 6.05. The van der Waals surface area contributed by atoms with E-state index in [9.17, 15) is 0 Å². The molecule has 4 bridgehead atoms. The second-order valence-electron chi connectivity index (χ2n) is 8.05. The van der Waals surface area contributed by atoms with Crippen molar-refractivity contribution in [3.63, 3.8) is 0 Å². The molecule has 4 fully saturated rings. The van der Waals surface area contributed by atoms with E-state index in [-0.39, 0.29) is 0 Å². The second kappa shape index (κ2) is 4.36. The molecule has 0 aliphatic heterocycles. The Morgan fingerprint density at radius 3 is 2.38 bits per heavy atom. The number of para-hydroxylation sites is 1. The third kappa shape index (κ3) is 1.96. The molecule has 0 radical (unpaired) electrons. The Labute approximate surface area is 126 Å². The summed E-state index contributed by atoms with van der Waals surface area (Å²) >= 11 is 0. The number of aromatic amines is 1. The van der Waals surface area contributed by atoms with Gasteiger partial charge in [-0.25, -0.2) is 0 Å². The molecule has 0 saturated heterocycles. The quantitative estimate of drug-likeness (QED) is 0.866. The Balaban J connectivity index is 1.38. The molecule has 4 aliphatic carbocycles. The van der Waals surface area contributed by atoms with Crippen LogP contribution in [-0.4, -0.2) is 10.5 Å². The number of hydrogen-bond acceptors (Lipinski definition) is 0. The molecule has 0 amide bonds. The van der Waals surface area contributed by atoms with Crippen LogP contribution in [0.15, 0.2) is 30.5 Å². The molecule has 3 N–H and O–H groups in total. The highest BCUT2D eigenvalue weighted by atomic mass is 15.0. The van der Waals surface area contributed by atoms with Gasteiger partial charge in [0.1, 0.15) is 6.54 Å². The summed E-state index contributed by atoms with van der Waals surface area (Å²) in [6.45, 7) is 1.15. The van der Waals surface area contributed by atoms with E-state index in [0.29, 0.717) is 5.54 Å². The van der Waals surface area contributed by atoms with Gasteiger partial charge < -0.3 is 10.3 Å². The van der Waals surface area contributed by atoms with E-state index >= 15 is 0 Å². The van der Waals surface area contributed by atoms with Crippen molar-refractivity contribution in [2.24, 2.45) is 17.8 Å². The van der Waals surface area contributed by atoms with Gasteiger partial charge in [-0.2, -0.15) is 0 Å². The number of nitrogens with one attached hydrogen (secondary N) is 1. The lowest BCUT2D eigenvalue weighted by atomic mass is 9.53. The molecule has 4 saturated carbocycles. The summed E-state index contributed by atoms with van der Waals surface area (Å²) in [4.78, 5) is 3.43. The first kappa shape index (κ1) is 12.3. The first-order chi connectivity index (χ1) is 10.3. The van der Waals surface area contributed by atoms with Crippen molar-refractivity contribution in [3.05, 3.63) is 36.0 Å². The van der Waals surface area contributed by atoms with Crippen LogP contribution in [0.1, 0.15) is 44.1 Å². The molecule has 4 aliphatic rings. The number of nitrogens with two attached hydrogens (primary N) is 1. The normalized spacial score (nSPS) is 37.4. The maximum Gasteiger partial charge on any atom is 0.104 e. The molecule has 1 aromatic carbocycles. The number of quaternary nitrogens is 1. The van der Waals surface area contributed by atoms with Gasteiger partial charge >= 0.3 is 0 Å². The molecule has 21 heavy (non-hydrogen) atoms. The van der Waals surface area contributed by atoms with Crippen molar-refractivity contribution in [1.82, 2.24) is 4.98 Å². The number of hydrogen-bond donors (Lipinski definition) is 2. The van der Waals surface area contributed by atoms with Crippen molar-refractivity contribution < 1.29 is 5.32 Å². The van der Waals surface area contributed by atoms with Crippen molar-refractivity contribution in [1.29, 1.82) is 0 Å². The van der Waals surface area contributed by atoms with Gasteiger partial charge in [-0.3, -0.25) is 0 Å². The largest absolute Gasteiger partial charge is 0.361 e. The van der Waals surface area contributed by atoms with Crippen LogP contribution in [-0.2, 0) is 6.54 Å². The Morgan fingerprint density at radius 2 is 1.67 bits per heavy atom. The number of rotatable bonds is 3. The van der Waals surface area contributed by atoms with E-state index in [1.807, 2.05) is 0 Å². The zero-order chi connectivity index (χ0) is 13.9. The Kier molecular flexibility index (Phi) is 2.55. The summed E-state index contributed by atoms with van der Waals surface area (Å²) in [5, 5.41) is 4.13. The first-order valence-corrected chi connectivity index (χ1v) is 8.69. The van der Waals surface area contributed by atoms with E-state index < -0.39 is 0 Å². The van der Waals surface area contributed by atoms with Crippen LogP contribution in [0.5, 0.6) is 0 Å². The van der Waals surface area contributed by atoms with Gasteiger partial charge in [-0.15, -0.1) is 0 Å². The van der Waals surface area contributed by atoms with E-state index in [0.717, 1.165) is 24.3 Å². The van der Waals surface area contributed by atoms with Crippen LogP contribution < -0.4 is 5.32 Å². The second-order valence-corrected chi connectivity index (χ2v) is 8.05. The molecule has 2 heteroatoms. The van der Waals surface area contributed by atoms with Crippen LogP contribution in [0.4, 0.5) is 0 Å². The van der Waals surface area contributed by atoms with Crippen LogP contribution in [0.2, 0.25) is 0 Å². The summed E-state index contributed by atoms with van der Waals surface area (Å²) in [6.07, 6.45) is 11.3. The van der Waals surface area contributed by atoms with Crippen molar-refractivity contribution in [2.75, 3.05) is 0 Å². The standard InChI is InChI=1S/C19H24N2/c1-2-4-18-17(3-1)16(11-20-18)12-21-19-8-13-5-14(9-19)7-15(6-13)10-19/h1-4,11,13-15,20-21H,5-10,12H2/p+1. The predicted molar refractivity (Wildman–Crippen MR) is 84.8 cm³/mol. The van der Waals surface area contributed by atoms with Crippen LogP contribution >= 0.6 is 0 Å². The average Bonchev–Trinajstić information content (AvgIpc) is 2.87. The number of benzene rings is 1. The minimum atomic E-state index is 0.590. The van der Waals surface area contributed by atoms with E-state index in [2.05, 4.69) is 40.8 Å². The maximum absolute atomic E-state index is 3.43. The topological polar surface area (TPSA) is 32.4 Å². The highest BCUT2D eigenvalue weighted by Gasteiger charge is 2.53. The molecule has 1 heterocycles. The van der Waals surface area contributed by atoms with Crippen LogP contribution in [0, 0.1) is 17.8 Å². The average molecular weight is 281 g/mol.